The van der Waals surface area contributed by atoms with Crippen molar-refractivity contribution < 1.29 is 43.5 Å². The van der Waals surface area contributed by atoms with Crippen LogP contribution in [0, 0.1) is 11.8 Å². The maximum atomic E-state index is 13.1. The molecule has 0 aromatic heterocycles. The molecule has 0 spiro atoms. The van der Waals surface area contributed by atoms with Gasteiger partial charge in [-0.15, -0.1) is 0 Å². The summed E-state index contributed by atoms with van der Waals surface area (Å²) in [6.45, 7) is 10.7. The van der Waals surface area contributed by atoms with Crippen LogP contribution in [0.25, 0.3) is 0 Å². The highest BCUT2D eigenvalue weighted by Gasteiger charge is 2.29. The third kappa shape index (κ3) is 17.6. The Morgan fingerprint density at radius 3 is 2.10 bits per heavy atom. The molecule has 0 heterocycles. The summed E-state index contributed by atoms with van der Waals surface area (Å²) in [5.74, 6) is -0.781. The molecule has 3 atom stereocenters. The van der Waals surface area contributed by atoms with Crippen molar-refractivity contribution in [2.75, 3.05) is 46.8 Å². The topological polar surface area (TPSA) is 223 Å². The molecule has 0 saturated heterocycles. The van der Waals surface area contributed by atoms with Crippen LogP contribution in [0.5, 0.6) is 0 Å². The lowest BCUT2D eigenvalue weighted by atomic mass is 9.81. The average molecular weight is 734 g/mol. The highest BCUT2D eigenvalue weighted by molar-refractivity contribution is 5.91. The van der Waals surface area contributed by atoms with Crippen molar-refractivity contribution in [2.45, 2.75) is 104 Å². The monoisotopic (exact) mass is 733 g/mol. The smallest absolute Gasteiger partial charge is 0.321 e. The summed E-state index contributed by atoms with van der Waals surface area (Å²) in [6, 6.07) is -2.03. The zero-order valence-corrected chi connectivity index (χ0v) is 31.6. The second-order valence-corrected chi connectivity index (χ2v) is 13.6. The molecule has 0 radical (unpaired) electrons. The molecule has 1 rings (SSSR count). The lowest BCUT2D eigenvalue weighted by Gasteiger charge is -2.31. The maximum Gasteiger partial charge on any atom is 0.321 e. The fourth-order valence-electron chi connectivity index (χ4n) is 5.78. The molecule has 1 fully saturated rings. The average Bonchev–Trinajstić information content (AvgIpc) is 3.11. The SMILES string of the molecule is C=C(C[C@@H](NCCC(=O)N(C)[C@@H](C)C(C)=C=O)C(=O)O)NCC1CCC(C(=O)N(C)CCCCC(NC(=O)CNC(=O)CNC(C)=O)C(C)=O)CC1. The van der Waals surface area contributed by atoms with Gasteiger partial charge in [0.1, 0.15) is 12.0 Å². The van der Waals surface area contributed by atoms with Gasteiger partial charge in [0.25, 0.3) is 0 Å². The number of carboxylic acid groups (broad SMARTS) is 1. The van der Waals surface area contributed by atoms with Crippen LogP contribution in [-0.2, 0) is 38.4 Å². The predicted molar refractivity (Wildman–Crippen MR) is 194 cm³/mol. The second-order valence-electron chi connectivity index (χ2n) is 13.6. The van der Waals surface area contributed by atoms with Gasteiger partial charge in [-0.05, 0) is 71.6 Å². The minimum atomic E-state index is -1.05. The standard InChI is InChI=1S/C36H59N7O9/c1-23(22-44)25(3)43(7)34(49)15-16-37-31(36(51)52)18-24(2)38-19-28-11-13-29(14-12-28)35(50)42(6)17-9-8-10-30(26(4)45)41-33(48)21-40-32(47)20-39-27(5)46/h25,28-31,37-38H,2,8-21H2,1,3-7H3,(H,39,46)(H,40,47)(H,41,48)(H,51,52)/t25-,28?,29?,30?,31+/m0/s1. The summed E-state index contributed by atoms with van der Waals surface area (Å²) >= 11 is 0. The highest BCUT2D eigenvalue weighted by Crippen LogP contribution is 2.30. The lowest BCUT2D eigenvalue weighted by Crippen LogP contribution is -2.46. The van der Waals surface area contributed by atoms with Gasteiger partial charge in [-0.3, -0.25) is 33.6 Å². The van der Waals surface area contributed by atoms with Gasteiger partial charge in [0.15, 0.2) is 5.78 Å². The molecule has 5 amide bonds. The Morgan fingerprint density at radius 1 is 0.885 bits per heavy atom. The molecule has 16 nitrogen and oxygen atoms in total. The molecule has 0 bridgehead atoms. The van der Waals surface area contributed by atoms with Crippen molar-refractivity contribution in [3.8, 4) is 0 Å². The van der Waals surface area contributed by atoms with Gasteiger partial charge in [-0.2, -0.15) is 0 Å². The van der Waals surface area contributed by atoms with Gasteiger partial charge in [-0.1, -0.05) is 6.58 Å². The van der Waals surface area contributed by atoms with Crippen molar-refractivity contribution in [1.29, 1.82) is 0 Å². The Labute approximate surface area is 306 Å². The Bertz CT molecular complexity index is 1320. The summed E-state index contributed by atoms with van der Waals surface area (Å²) < 4.78 is 0. The van der Waals surface area contributed by atoms with Crippen LogP contribution in [0.15, 0.2) is 17.8 Å². The number of hydrogen-bond acceptors (Lipinski definition) is 10. The fourth-order valence-corrected chi connectivity index (χ4v) is 5.78. The number of carboxylic acids is 1. The first kappa shape index (κ1) is 45.5. The number of likely N-dealkylation sites (N-methyl/N-ethyl adjacent to an activating group) is 1. The largest absolute Gasteiger partial charge is 0.480 e. The number of unbranched alkanes of at least 4 members (excludes halogenated alkanes) is 1. The van der Waals surface area contributed by atoms with E-state index in [9.17, 15) is 43.5 Å². The number of nitrogens with zero attached hydrogens (tertiary/aromatic N) is 2. The van der Waals surface area contributed by atoms with E-state index < -0.39 is 35.9 Å². The Hall–Kier alpha value is -4.56. The summed E-state index contributed by atoms with van der Waals surface area (Å²) in [4.78, 5) is 98.3. The molecule has 0 aromatic carbocycles. The van der Waals surface area contributed by atoms with Gasteiger partial charge in [0.2, 0.25) is 29.5 Å². The molecule has 0 aromatic rings. The van der Waals surface area contributed by atoms with E-state index in [1.807, 2.05) is 0 Å². The molecule has 1 aliphatic rings. The van der Waals surface area contributed by atoms with Crippen molar-refractivity contribution in [3.63, 3.8) is 0 Å². The molecule has 292 valence electrons. The number of amides is 5. The van der Waals surface area contributed by atoms with E-state index >= 15 is 0 Å². The number of ketones is 1. The molecule has 52 heavy (non-hydrogen) atoms. The van der Waals surface area contributed by atoms with Gasteiger partial charge in [0, 0.05) is 70.7 Å². The van der Waals surface area contributed by atoms with Gasteiger partial charge >= 0.3 is 5.97 Å². The Kier molecular flexibility index (Phi) is 20.8. The van der Waals surface area contributed by atoms with Crippen molar-refractivity contribution in [2.24, 2.45) is 11.8 Å². The van der Waals surface area contributed by atoms with Crippen LogP contribution in [0.1, 0.15) is 85.5 Å². The van der Waals surface area contributed by atoms with E-state index in [1.54, 1.807) is 38.8 Å². The van der Waals surface area contributed by atoms with Gasteiger partial charge in [0.05, 0.1) is 25.2 Å². The van der Waals surface area contributed by atoms with E-state index in [0.717, 1.165) is 25.7 Å². The second kappa shape index (κ2) is 23.8. The minimum absolute atomic E-state index is 0.0707. The van der Waals surface area contributed by atoms with Crippen molar-refractivity contribution in [1.82, 2.24) is 36.4 Å². The van der Waals surface area contributed by atoms with Crippen molar-refractivity contribution in [3.05, 3.63) is 17.8 Å². The van der Waals surface area contributed by atoms with Crippen LogP contribution < -0.4 is 26.6 Å². The molecule has 1 aliphatic carbocycles. The molecule has 1 unspecified atom stereocenters. The van der Waals surface area contributed by atoms with E-state index in [1.165, 1.54) is 18.7 Å². The molecule has 16 heteroatoms. The molecule has 1 saturated carbocycles. The molecule has 6 N–H and O–H groups in total. The van der Waals surface area contributed by atoms with Gasteiger partial charge in [-0.25, -0.2) is 4.79 Å². The van der Waals surface area contributed by atoms with E-state index in [4.69, 9.17) is 0 Å². The van der Waals surface area contributed by atoms with Crippen LogP contribution in [0.4, 0.5) is 0 Å². The lowest BCUT2D eigenvalue weighted by molar-refractivity contribution is -0.140. The number of Topliss-reactive ketones (excluding diaryl/α,β-unsaturated/α-hetero) is 1. The number of carbonyl (C=O) groups is 7. The Morgan fingerprint density at radius 2 is 1.52 bits per heavy atom. The maximum absolute atomic E-state index is 13.1. The van der Waals surface area contributed by atoms with E-state index in [2.05, 4.69) is 33.2 Å². The highest BCUT2D eigenvalue weighted by atomic mass is 16.4. The quantitative estimate of drug-likeness (QED) is 0.0585. The van der Waals surface area contributed by atoms with Crippen molar-refractivity contribution >= 4 is 47.2 Å². The third-order valence-corrected chi connectivity index (χ3v) is 9.46. The number of nitrogens with one attached hydrogen (secondary N) is 5. The number of rotatable bonds is 24. The molecular weight excluding hydrogens is 674 g/mol. The first-order valence-electron chi connectivity index (χ1n) is 17.9. The predicted octanol–water partition coefficient (Wildman–Crippen LogP) is 0.299. The zero-order chi connectivity index (χ0) is 39.4. The summed E-state index contributed by atoms with van der Waals surface area (Å²) in [6.07, 6.45) is 5.02. The molecule has 0 aliphatic heterocycles. The first-order valence-corrected chi connectivity index (χ1v) is 17.9. The van der Waals surface area contributed by atoms with E-state index in [-0.39, 0.29) is 61.9 Å². The number of aliphatic carboxylic acids is 1. The normalized spacial score (nSPS) is 16.9. The zero-order valence-electron chi connectivity index (χ0n) is 31.6. The minimum Gasteiger partial charge on any atom is -0.480 e. The number of carbonyl (C=O) groups excluding carboxylic acids is 7. The van der Waals surface area contributed by atoms with Crippen LogP contribution >= 0.6 is 0 Å². The van der Waals surface area contributed by atoms with E-state index in [0.29, 0.717) is 49.5 Å². The van der Waals surface area contributed by atoms with Crippen LogP contribution in [-0.4, -0.2) is 127 Å². The summed E-state index contributed by atoms with van der Waals surface area (Å²) in [5.41, 5.74) is 0.972. The van der Waals surface area contributed by atoms with Gasteiger partial charge < -0.3 is 41.5 Å². The fraction of sp³-hybridized carbons (Fsp3) is 0.694. The number of hydrogen-bond donors (Lipinski definition) is 6. The Balaban J connectivity index is 2.38. The van der Waals surface area contributed by atoms with Crippen LogP contribution in [0.2, 0.25) is 0 Å². The first-order chi connectivity index (χ1) is 24.5. The third-order valence-electron chi connectivity index (χ3n) is 9.46. The molecular formula is C36H59N7O9. The van der Waals surface area contributed by atoms with Crippen LogP contribution in [0.3, 0.4) is 0 Å². The summed E-state index contributed by atoms with van der Waals surface area (Å²) in [7, 11) is 3.35. The summed E-state index contributed by atoms with van der Waals surface area (Å²) in [5, 5.41) is 23.2.